The Kier molecular flexibility index (Phi) is 5.91. The summed E-state index contributed by atoms with van der Waals surface area (Å²) in [5.74, 6) is 0.454. The number of para-hydroxylation sites is 1. The monoisotopic (exact) mass is 433 g/mol. The number of nitrogens with zero attached hydrogens (tertiary/aromatic N) is 4. The average Bonchev–Trinajstić information content (AvgIpc) is 2.76. The van der Waals surface area contributed by atoms with E-state index in [1.807, 2.05) is 44.2 Å². The van der Waals surface area contributed by atoms with Crippen molar-refractivity contribution in [2.24, 2.45) is 5.73 Å². The molecule has 0 spiro atoms. The van der Waals surface area contributed by atoms with Crippen LogP contribution in [0.1, 0.15) is 32.7 Å². The van der Waals surface area contributed by atoms with E-state index in [1.54, 1.807) is 7.11 Å². The summed E-state index contributed by atoms with van der Waals surface area (Å²) in [5.41, 5.74) is 11.6. The standard InChI is InChI=1S/C23H27N7O2/c1-13-6-5-7-14(2)19(13)26-22-20(21(24)31)28-29-23(27-22)25-17-10-16-12-30(3)9-8-15(16)11-18(17)32-4/h5-7,10-11H,8-9,12H2,1-4H3,(H2,24,31)(H2,25,26,27,29). The second-order valence-corrected chi connectivity index (χ2v) is 8.02. The van der Waals surface area contributed by atoms with Crippen LogP contribution >= 0.6 is 0 Å². The number of methoxy groups -OCH3 is 1. The number of benzene rings is 2. The first-order chi connectivity index (χ1) is 15.4. The minimum Gasteiger partial charge on any atom is -0.495 e. The lowest BCUT2D eigenvalue weighted by Crippen LogP contribution is -2.26. The second-order valence-electron chi connectivity index (χ2n) is 8.02. The maximum atomic E-state index is 11.9. The fourth-order valence-corrected chi connectivity index (χ4v) is 3.88. The van der Waals surface area contributed by atoms with Crippen LogP contribution < -0.4 is 21.1 Å². The molecular weight excluding hydrogens is 406 g/mol. The Morgan fingerprint density at radius 1 is 1.12 bits per heavy atom. The first-order valence-corrected chi connectivity index (χ1v) is 10.4. The van der Waals surface area contributed by atoms with E-state index in [4.69, 9.17) is 10.5 Å². The van der Waals surface area contributed by atoms with E-state index in [0.29, 0.717) is 5.75 Å². The third kappa shape index (κ3) is 4.33. The van der Waals surface area contributed by atoms with Gasteiger partial charge < -0.3 is 26.0 Å². The average molecular weight is 434 g/mol. The van der Waals surface area contributed by atoms with Crippen LogP contribution in [-0.4, -0.2) is 46.7 Å². The van der Waals surface area contributed by atoms with Crippen molar-refractivity contribution in [1.82, 2.24) is 20.1 Å². The van der Waals surface area contributed by atoms with Crippen molar-refractivity contribution in [3.8, 4) is 5.75 Å². The normalized spacial score (nSPS) is 13.4. The zero-order valence-corrected chi connectivity index (χ0v) is 18.7. The summed E-state index contributed by atoms with van der Waals surface area (Å²) in [4.78, 5) is 18.7. The molecule has 4 N–H and O–H groups in total. The fraction of sp³-hybridized carbons (Fsp3) is 0.304. The van der Waals surface area contributed by atoms with Gasteiger partial charge in [0.2, 0.25) is 5.95 Å². The molecule has 0 unspecified atom stereocenters. The van der Waals surface area contributed by atoms with Crippen molar-refractivity contribution in [2.75, 3.05) is 31.3 Å². The highest BCUT2D eigenvalue weighted by atomic mass is 16.5. The molecule has 0 saturated heterocycles. The number of likely N-dealkylation sites (N-methyl/N-ethyl adjacent to an activating group) is 1. The summed E-state index contributed by atoms with van der Waals surface area (Å²) in [6.07, 6.45) is 0.970. The van der Waals surface area contributed by atoms with Gasteiger partial charge in [-0.3, -0.25) is 4.79 Å². The van der Waals surface area contributed by atoms with E-state index in [-0.39, 0.29) is 17.5 Å². The number of aryl methyl sites for hydroxylation is 2. The van der Waals surface area contributed by atoms with Crippen LogP contribution in [0.15, 0.2) is 30.3 Å². The SMILES string of the molecule is COc1cc2c(cc1Nc1nnc(C(N)=O)c(Nc3c(C)cccc3C)n1)CN(C)CC2. The first kappa shape index (κ1) is 21.5. The molecule has 0 radical (unpaired) electrons. The predicted octanol–water partition coefficient (Wildman–Crippen LogP) is 3.07. The van der Waals surface area contributed by atoms with Gasteiger partial charge in [0.15, 0.2) is 11.5 Å². The van der Waals surface area contributed by atoms with Gasteiger partial charge in [0.25, 0.3) is 5.91 Å². The second kappa shape index (κ2) is 8.80. The highest BCUT2D eigenvalue weighted by molar-refractivity contribution is 5.96. The Morgan fingerprint density at radius 2 is 1.88 bits per heavy atom. The molecule has 2 heterocycles. The minimum atomic E-state index is -0.709. The lowest BCUT2D eigenvalue weighted by Gasteiger charge is -2.26. The van der Waals surface area contributed by atoms with Crippen molar-refractivity contribution in [3.05, 3.63) is 58.3 Å². The summed E-state index contributed by atoms with van der Waals surface area (Å²) < 4.78 is 5.59. The molecule has 166 valence electrons. The highest BCUT2D eigenvalue weighted by Crippen LogP contribution is 2.33. The largest absolute Gasteiger partial charge is 0.495 e. The first-order valence-electron chi connectivity index (χ1n) is 10.4. The third-order valence-electron chi connectivity index (χ3n) is 5.62. The van der Waals surface area contributed by atoms with Gasteiger partial charge in [-0.05, 0) is 61.7 Å². The molecule has 1 aliphatic heterocycles. The van der Waals surface area contributed by atoms with Crippen LogP contribution in [0.2, 0.25) is 0 Å². The number of nitrogens with one attached hydrogen (secondary N) is 2. The van der Waals surface area contributed by atoms with Gasteiger partial charge in [0.05, 0.1) is 12.8 Å². The molecular formula is C23H27N7O2. The maximum Gasteiger partial charge on any atom is 0.273 e. The van der Waals surface area contributed by atoms with Crippen LogP contribution in [0.5, 0.6) is 5.75 Å². The number of rotatable bonds is 6. The van der Waals surface area contributed by atoms with Gasteiger partial charge in [-0.2, -0.15) is 4.98 Å². The zero-order chi connectivity index (χ0) is 22.8. The Bertz CT molecular complexity index is 1160. The van der Waals surface area contributed by atoms with E-state index >= 15 is 0 Å². The van der Waals surface area contributed by atoms with Crippen molar-refractivity contribution in [2.45, 2.75) is 26.8 Å². The van der Waals surface area contributed by atoms with Gasteiger partial charge in [-0.1, -0.05) is 18.2 Å². The molecule has 9 heteroatoms. The maximum absolute atomic E-state index is 11.9. The fourth-order valence-electron chi connectivity index (χ4n) is 3.88. The van der Waals surface area contributed by atoms with E-state index in [9.17, 15) is 4.79 Å². The summed E-state index contributed by atoms with van der Waals surface area (Å²) in [7, 11) is 3.73. The van der Waals surface area contributed by atoms with Gasteiger partial charge in [0, 0.05) is 18.8 Å². The predicted molar refractivity (Wildman–Crippen MR) is 124 cm³/mol. The summed E-state index contributed by atoms with van der Waals surface area (Å²) in [5, 5.41) is 14.5. The van der Waals surface area contributed by atoms with Crippen LogP contribution in [0, 0.1) is 13.8 Å². The summed E-state index contributed by atoms with van der Waals surface area (Å²) in [6, 6.07) is 10.0. The zero-order valence-electron chi connectivity index (χ0n) is 18.7. The molecule has 3 aromatic rings. The van der Waals surface area contributed by atoms with E-state index in [1.165, 1.54) is 11.1 Å². The molecule has 0 atom stereocenters. The Balaban J connectivity index is 1.70. The topological polar surface area (TPSA) is 118 Å². The molecule has 2 aromatic carbocycles. The minimum absolute atomic E-state index is 0.0303. The number of hydrogen-bond acceptors (Lipinski definition) is 8. The van der Waals surface area contributed by atoms with Crippen molar-refractivity contribution >= 4 is 29.0 Å². The number of nitrogens with two attached hydrogens (primary N) is 1. The van der Waals surface area contributed by atoms with Crippen LogP contribution in [0.25, 0.3) is 0 Å². The number of hydrogen-bond donors (Lipinski definition) is 3. The number of primary amides is 1. The number of ether oxygens (including phenoxy) is 1. The van der Waals surface area contributed by atoms with Gasteiger partial charge >= 0.3 is 0 Å². The quantitative estimate of drug-likeness (QED) is 0.543. The molecule has 1 aliphatic rings. The van der Waals surface area contributed by atoms with Crippen molar-refractivity contribution in [1.29, 1.82) is 0 Å². The number of anilines is 4. The summed E-state index contributed by atoms with van der Waals surface area (Å²) in [6.45, 7) is 5.81. The number of amides is 1. The number of aromatic nitrogens is 3. The van der Waals surface area contributed by atoms with Crippen LogP contribution in [-0.2, 0) is 13.0 Å². The number of fused-ring (bicyclic) bond motifs is 1. The van der Waals surface area contributed by atoms with Gasteiger partial charge in [-0.25, -0.2) is 0 Å². The molecule has 1 amide bonds. The Hall–Kier alpha value is -3.72. The highest BCUT2D eigenvalue weighted by Gasteiger charge is 2.19. The van der Waals surface area contributed by atoms with Gasteiger partial charge in [0.1, 0.15) is 5.75 Å². The number of carbonyl (C=O) groups is 1. The van der Waals surface area contributed by atoms with Crippen LogP contribution in [0.3, 0.4) is 0 Å². The van der Waals surface area contributed by atoms with E-state index in [0.717, 1.165) is 42.0 Å². The molecule has 0 fully saturated rings. The van der Waals surface area contributed by atoms with Gasteiger partial charge in [-0.15, -0.1) is 10.2 Å². The third-order valence-corrected chi connectivity index (χ3v) is 5.62. The lowest BCUT2D eigenvalue weighted by molar-refractivity contribution is 0.0995. The Labute approximate surface area is 187 Å². The molecule has 1 aromatic heterocycles. The molecule has 0 saturated carbocycles. The van der Waals surface area contributed by atoms with E-state index < -0.39 is 5.91 Å². The molecule has 0 aliphatic carbocycles. The van der Waals surface area contributed by atoms with Crippen molar-refractivity contribution in [3.63, 3.8) is 0 Å². The molecule has 4 rings (SSSR count). The smallest absolute Gasteiger partial charge is 0.273 e. The molecule has 0 bridgehead atoms. The lowest BCUT2D eigenvalue weighted by atomic mass is 9.99. The molecule has 32 heavy (non-hydrogen) atoms. The Morgan fingerprint density at radius 3 is 2.56 bits per heavy atom. The number of carbonyl (C=O) groups excluding carboxylic acids is 1. The molecule has 9 nitrogen and oxygen atoms in total. The summed E-state index contributed by atoms with van der Waals surface area (Å²) >= 11 is 0. The van der Waals surface area contributed by atoms with Crippen molar-refractivity contribution < 1.29 is 9.53 Å². The van der Waals surface area contributed by atoms with E-state index in [2.05, 4.69) is 37.8 Å². The van der Waals surface area contributed by atoms with Crippen LogP contribution in [0.4, 0.5) is 23.1 Å².